The molecule has 1 aromatic heterocycles. The third-order valence-electron chi connectivity index (χ3n) is 5.01. The number of rotatable bonds is 7. The molecule has 0 bridgehead atoms. The molecule has 0 aliphatic carbocycles. The molecule has 0 unspecified atom stereocenters. The average molecular weight is 513 g/mol. The molecule has 0 aliphatic heterocycles. The number of non-ortho nitro benzene ring substituents is 2. The molecule has 0 aliphatic rings. The van der Waals surface area contributed by atoms with Crippen LogP contribution in [-0.2, 0) is 16.4 Å². The van der Waals surface area contributed by atoms with Gasteiger partial charge in [0, 0.05) is 18.4 Å². The predicted molar refractivity (Wildman–Crippen MR) is 129 cm³/mol. The number of carbonyl (C=O) groups is 1. The lowest BCUT2D eigenvalue weighted by Gasteiger charge is -2.20. The van der Waals surface area contributed by atoms with Gasteiger partial charge in [-0.05, 0) is 23.8 Å². The molecule has 4 rings (SSSR count). The Labute approximate surface area is 202 Å². The number of hydrogen-bond acceptors (Lipinski definition) is 9. The van der Waals surface area contributed by atoms with Crippen LogP contribution in [0.1, 0.15) is 15.9 Å². The molecule has 0 N–H and O–H groups in total. The van der Waals surface area contributed by atoms with E-state index in [1.165, 1.54) is 23.1 Å². The van der Waals surface area contributed by atoms with Crippen molar-refractivity contribution in [3.63, 3.8) is 0 Å². The highest BCUT2D eigenvalue weighted by Gasteiger charge is 2.26. The summed E-state index contributed by atoms with van der Waals surface area (Å²) in [6.45, 7) is 0.0227. The molecule has 11 nitrogen and oxygen atoms in total. The number of fused-ring (bicyclic) bond motifs is 1. The van der Waals surface area contributed by atoms with E-state index in [0.29, 0.717) is 10.2 Å². The molecule has 0 saturated heterocycles. The normalized spacial score (nSPS) is 11.3. The minimum atomic E-state index is -3.47. The Bertz CT molecular complexity index is 1550. The van der Waals surface area contributed by atoms with Gasteiger partial charge >= 0.3 is 0 Å². The number of anilines is 1. The predicted octanol–water partition coefficient (Wildman–Crippen LogP) is 4.36. The number of carbonyl (C=O) groups excluding carboxylic acids is 1. The summed E-state index contributed by atoms with van der Waals surface area (Å²) in [5.74, 6) is -0.733. The van der Waals surface area contributed by atoms with Crippen LogP contribution in [0.25, 0.3) is 10.2 Å². The Kier molecular flexibility index (Phi) is 6.28. The maximum Gasteiger partial charge on any atom is 0.277 e. The summed E-state index contributed by atoms with van der Waals surface area (Å²) in [7, 11) is -3.47. The van der Waals surface area contributed by atoms with Crippen molar-refractivity contribution < 1.29 is 23.1 Å². The lowest BCUT2D eigenvalue weighted by atomic mass is 10.1. The first kappa shape index (κ1) is 23.9. The fourth-order valence-electron chi connectivity index (χ4n) is 3.32. The van der Waals surface area contributed by atoms with E-state index in [1.807, 2.05) is 0 Å². The molecule has 1 heterocycles. The van der Waals surface area contributed by atoms with E-state index in [4.69, 9.17) is 0 Å². The fourth-order valence-corrected chi connectivity index (χ4v) is 5.04. The summed E-state index contributed by atoms with van der Waals surface area (Å²) in [6.07, 6.45) is 1.08. The van der Waals surface area contributed by atoms with Crippen LogP contribution in [0.2, 0.25) is 0 Å². The smallest absolute Gasteiger partial charge is 0.277 e. The largest absolute Gasteiger partial charge is 0.279 e. The molecule has 178 valence electrons. The van der Waals surface area contributed by atoms with Gasteiger partial charge in [0.2, 0.25) is 0 Å². The number of amides is 1. The SMILES string of the molecule is CS(=O)(=O)c1ccc2nc(N(Cc3ccccc3)C(=O)c3cc([N+](=O)[O-])cc([N+](=O)[O-])c3)sc2c1. The number of aromatic nitrogens is 1. The maximum atomic E-state index is 13.6. The Morgan fingerprint density at radius 2 is 1.60 bits per heavy atom. The molecule has 0 radical (unpaired) electrons. The number of nitro groups is 2. The van der Waals surface area contributed by atoms with Crippen LogP contribution in [0, 0.1) is 20.2 Å². The lowest BCUT2D eigenvalue weighted by Crippen LogP contribution is -2.30. The quantitative estimate of drug-likeness (QED) is 0.261. The third-order valence-corrected chi connectivity index (χ3v) is 7.16. The monoisotopic (exact) mass is 512 g/mol. The first-order valence-corrected chi connectivity index (χ1v) is 12.6. The molecule has 3 aromatic carbocycles. The Morgan fingerprint density at radius 3 is 2.17 bits per heavy atom. The van der Waals surface area contributed by atoms with Crippen molar-refractivity contribution in [3.8, 4) is 0 Å². The molecule has 4 aromatic rings. The van der Waals surface area contributed by atoms with Crippen LogP contribution in [0.15, 0.2) is 71.6 Å². The van der Waals surface area contributed by atoms with Crippen molar-refractivity contribution in [2.75, 3.05) is 11.2 Å². The minimum Gasteiger partial charge on any atom is -0.279 e. The van der Waals surface area contributed by atoms with Crippen molar-refractivity contribution in [1.82, 2.24) is 4.98 Å². The van der Waals surface area contributed by atoms with E-state index in [2.05, 4.69) is 4.98 Å². The van der Waals surface area contributed by atoms with Crippen LogP contribution in [0.5, 0.6) is 0 Å². The Hall–Kier alpha value is -4.23. The van der Waals surface area contributed by atoms with Gasteiger partial charge < -0.3 is 0 Å². The van der Waals surface area contributed by atoms with Gasteiger partial charge in [0.25, 0.3) is 17.3 Å². The van der Waals surface area contributed by atoms with Gasteiger partial charge in [0.05, 0.1) is 43.1 Å². The van der Waals surface area contributed by atoms with Crippen molar-refractivity contribution in [3.05, 3.63) is 98.1 Å². The van der Waals surface area contributed by atoms with E-state index in [9.17, 15) is 33.4 Å². The number of nitro benzene ring substituents is 2. The number of sulfone groups is 1. The zero-order valence-corrected chi connectivity index (χ0v) is 19.7. The van der Waals surface area contributed by atoms with Gasteiger partial charge in [0.15, 0.2) is 15.0 Å². The van der Waals surface area contributed by atoms with Crippen molar-refractivity contribution in [2.24, 2.45) is 0 Å². The second-order valence-electron chi connectivity index (χ2n) is 7.53. The van der Waals surface area contributed by atoms with Gasteiger partial charge in [-0.25, -0.2) is 13.4 Å². The molecule has 1 amide bonds. The van der Waals surface area contributed by atoms with Crippen LogP contribution in [0.4, 0.5) is 16.5 Å². The molecule has 0 atom stereocenters. The van der Waals surface area contributed by atoms with Crippen LogP contribution >= 0.6 is 11.3 Å². The molecule has 13 heteroatoms. The van der Waals surface area contributed by atoms with Gasteiger partial charge in [-0.2, -0.15) is 0 Å². The Balaban J connectivity index is 1.84. The lowest BCUT2D eigenvalue weighted by molar-refractivity contribution is -0.394. The fraction of sp³-hybridized carbons (Fsp3) is 0.0909. The molecular weight excluding hydrogens is 496 g/mol. The highest BCUT2D eigenvalue weighted by molar-refractivity contribution is 7.90. The highest BCUT2D eigenvalue weighted by atomic mass is 32.2. The molecule has 0 saturated carbocycles. The summed E-state index contributed by atoms with van der Waals surface area (Å²) in [5, 5.41) is 22.8. The zero-order chi connectivity index (χ0) is 25.3. The van der Waals surface area contributed by atoms with Gasteiger partial charge in [-0.1, -0.05) is 41.7 Å². The number of benzene rings is 3. The first-order valence-electron chi connectivity index (χ1n) is 9.93. The number of hydrogen-bond donors (Lipinski definition) is 0. The van der Waals surface area contributed by atoms with Crippen LogP contribution in [-0.4, -0.2) is 35.4 Å². The summed E-state index contributed by atoms with van der Waals surface area (Å²) >= 11 is 1.06. The second kappa shape index (κ2) is 9.19. The zero-order valence-electron chi connectivity index (χ0n) is 18.0. The Morgan fingerprint density at radius 1 is 0.971 bits per heavy atom. The summed E-state index contributed by atoms with van der Waals surface area (Å²) in [6, 6.07) is 16.0. The third kappa shape index (κ3) is 5.15. The summed E-state index contributed by atoms with van der Waals surface area (Å²) in [5.41, 5.74) is -0.267. The van der Waals surface area contributed by atoms with E-state index in [-0.39, 0.29) is 22.1 Å². The summed E-state index contributed by atoms with van der Waals surface area (Å²) < 4.78 is 24.4. The van der Waals surface area contributed by atoms with Crippen molar-refractivity contribution >= 4 is 53.8 Å². The minimum absolute atomic E-state index is 0.0227. The maximum absolute atomic E-state index is 13.6. The van der Waals surface area contributed by atoms with Crippen molar-refractivity contribution in [1.29, 1.82) is 0 Å². The van der Waals surface area contributed by atoms with Crippen molar-refractivity contribution in [2.45, 2.75) is 11.4 Å². The van der Waals surface area contributed by atoms with Gasteiger partial charge in [-0.15, -0.1) is 0 Å². The topological polar surface area (TPSA) is 154 Å². The number of nitrogens with zero attached hydrogens (tertiary/aromatic N) is 4. The number of thiazole rings is 1. The molecule has 0 spiro atoms. The van der Waals surface area contributed by atoms with Crippen LogP contribution < -0.4 is 4.90 Å². The van der Waals surface area contributed by atoms with E-state index in [1.54, 1.807) is 30.3 Å². The van der Waals surface area contributed by atoms with Gasteiger partial charge in [0.1, 0.15) is 0 Å². The van der Waals surface area contributed by atoms with E-state index < -0.39 is 37.0 Å². The second-order valence-corrected chi connectivity index (χ2v) is 10.6. The average Bonchev–Trinajstić information content (AvgIpc) is 3.25. The van der Waals surface area contributed by atoms with E-state index in [0.717, 1.165) is 41.4 Å². The summed E-state index contributed by atoms with van der Waals surface area (Å²) in [4.78, 5) is 40.4. The molecule has 0 fully saturated rings. The first-order chi connectivity index (χ1) is 16.5. The van der Waals surface area contributed by atoms with E-state index >= 15 is 0 Å². The van der Waals surface area contributed by atoms with Gasteiger partial charge in [-0.3, -0.25) is 29.9 Å². The molecular formula is C22H16N4O7S2. The van der Waals surface area contributed by atoms with Crippen LogP contribution in [0.3, 0.4) is 0 Å². The highest BCUT2D eigenvalue weighted by Crippen LogP contribution is 2.33. The molecule has 35 heavy (non-hydrogen) atoms. The standard InChI is InChI=1S/C22H16N4O7S2/c1-35(32,33)18-7-8-19-20(12-18)34-22(23-19)24(13-14-5-3-2-4-6-14)21(27)15-9-16(25(28)29)11-17(10-15)26(30)31/h2-12H,13H2,1H3.